The normalized spacial score (nSPS) is 18.7. The molecule has 2 amide bonds. The van der Waals surface area contributed by atoms with Gasteiger partial charge >= 0.3 is 6.09 Å². The maximum Gasteiger partial charge on any atom is 0.417 e. The molecule has 6 heteroatoms. The van der Waals surface area contributed by atoms with Gasteiger partial charge in [0.15, 0.2) is 0 Å². The smallest absolute Gasteiger partial charge is 0.417 e. The van der Waals surface area contributed by atoms with E-state index in [9.17, 15) is 9.59 Å². The predicted octanol–water partition coefficient (Wildman–Crippen LogP) is 4.92. The van der Waals surface area contributed by atoms with Crippen LogP contribution in [-0.2, 0) is 9.53 Å². The summed E-state index contributed by atoms with van der Waals surface area (Å²) in [6.45, 7) is 4.30. The van der Waals surface area contributed by atoms with Crippen molar-refractivity contribution in [3.63, 3.8) is 0 Å². The van der Waals surface area contributed by atoms with Crippen molar-refractivity contribution in [3.8, 4) is 5.75 Å². The number of carbonyl (C=O) groups excluding carboxylic acids is 2. The number of amides is 2. The van der Waals surface area contributed by atoms with Crippen molar-refractivity contribution in [2.24, 2.45) is 5.92 Å². The van der Waals surface area contributed by atoms with E-state index < -0.39 is 17.0 Å². The topological polar surface area (TPSA) is 55.8 Å². The van der Waals surface area contributed by atoms with Crippen molar-refractivity contribution in [1.82, 2.24) is 4.90 Å². The first kappa shape index (κ1) is 20.4. The Morgan fingerprint density at radius 1 is 1.14 bits per heavy atom. The molecule has 0 radical (unpaired) electrons. The zero-order valence-electron chi connectivity index (χ0n) is 16.2. The lowest BCUT2D eigenvalue weighted by Crippen LogP contribution is -2.42. The summed E-state index contributed by atoms with van der Waals surface area (Å²) in [5.41, 5.74) is 1.89. The molecule has 3 unspecified atom stereocenters. The van der Waals surface area contributed by atoms with Crippen molar-refractivity contribution in [2.75, 3.05) is 13.7 Å². The molecule has 0 N–H and O–H groups in total. The van der Waals surface area contributed by atoms with Gasteiger partial charge in [-0.1, -0.05) is 72.2 Å². The molecular formula is C22H24BrNO4. The van der Waals surface area contributed by atoms with Crippen LogP contribution in [-0.4, -0.2) is 35.4 Å². The lowest BCUT2D eigenvalue weighted by molar-refractivity contribution is -0.129. The van der Waals surface area contributed by atoms with Gasteiger partial charge in [0, 0.05) is 5.92 Å². The summed E-state index contributed by atoms with van der Waals surface area (Å²) in [4.78, 5) is 26.4. The Hall–Kier alpha value is -2.34. The molecule has 0 aliphatic carbocycles. The summed E-state index contributed by atoms with van der Waals surface area (Å²) in [7, 11) is 1.62. The lowest BCUT2D eigenvalue weighted by Gasteiger charge is -2.29. The second-order valence-electron chi connectivity index (χ2n) is 7.16. The van der Waals surface area contributed by atoms with Crippen molar-refractivity contribution in [1.29, 1.82) is 0 Å². The molecule has 1 aliphatic heterocycles. The number of methoxy groups -OCH3 is 1. The highest BCUT2D eigenvalue weighted by Crippen LogP contribution is 2.37. The first-order chi connectivity index (χ1) is 13.4. The van der Waals surface area contributed by atoms with Crippen molar-refractivity contribution >= 4 is 27.9 Å². The van der Waals surface area contributed by atoms with Gasteiger partial charge in [-0.3, -0.25) is 4.79 Å². The minimum Gasteiger partial charge on any atom is -0.497 e. The van der Waals surface area contributed by atoms with E-state index in [-0.39, 0.29) is 24.3 Å². The van der Waals surface area contributed by atoms with Crippen LogP contribution >= 0.6 is 15.9 Å². The Morgan fingerprint density at radius 2 is 1.79 bits per heavy atom. The van der Waals surface area contributed by atoms with Crippen LogP contribution in [0.2, 0.25) is 0 Å². The molecule has 1 saturated heterocycles. The van der Waals surface area contributed by atoms with Gasteiger partial charge < -0.3 is 9.47 Å². The van der Waals surface area contributed by atoms with Crippen LogP contribution in [0.1, 0.15) is 36.9 Å². The van der Waals surface area contributed by atoms with Gasteiger partial charge in [-0.15, -0.1) is 0 Å². The van der Waals surface area contributed by atoms with Crippen LogP contribution in [0.5, 0.6) is 5.75 Å². The number of hydrogen-bond acceptors (Lipinski definition) is 4. The number of benzene rings is 2. The summed E-state index contributed by atoms with van der Waals surface area (Å²) in [5.74, 6) is 0.542. The highest BCUT2D eigenvalue weighted by atomic mass is 79.9. The third-order valence-electron chi connectivity index (χ3n) is 5.06. The van der Waals surface area contributed by atoms with E-state index in [0.717, 1.165) is 16.9 Å². The summed E-state index contributed by atoms with van der Waals surface area (Å²) in [6.07, 6.45) is -0.597. The lowest BCUT2D eigenvalue weighted by atomic mass is 9.85. The van der Waals surface area contributed by atoms with Gasteiger partial charge in [0.25, 0.3) is 0 Å². The van der Waals surface area contributed by atoms with E-state index in [2.05, 4.69) is 29.8 Å². The van der Waals surface area contributed by atoms with Crippen molar-refractivity contribution < 1.29 is 19.1 Å². The van der Waals surface area contributed by atoms with Crippen LogP contribution in [0, 0.1) is 5.92 Å². The monoisotopic (exact) mass is 445 g/mol. The van der Waals surface area contributed by atoms with Crippen LogP contribution < -0.4 is 4.74 Å². The molecule has 28 heavy (non-hydrogen) atoms. The zero-order chi connectivity index (χ0) is 20.3. The molecule has 0 aromatic heterocycles. The molecule has 0 spiro atoms. The Kier molecular flexibility index (Phi) is 6.39. The van der Waals surface area contributed by atoms with E-state index in [1.165, 1.54) is 4.90 Å². The average Bonchev–Trinajstić information content (AvgIpc) is 3.09. The van der Waals surface area contributed by atoms with Gasteiger partial charge in [-0.2, -0.15) is 0 Å². The van der Waals surface area contributed by atoms with E-state index >= 15 is 0 Å². The fourth-order valence-electron chi connectivity index (χ4n) is 3.59. The summed E-state index contributed by atoms with van der Waals surface area (Å²) < 4.78 is 10.4. The second-order valence-corrected chi connectivity index (χ2v) is 8.14. The zero-order valence-corrected chi connectivity index (χ0v) is 17.8. The van der Waals surface area contributed by atoms with Gasteiger partial charge in [0.1, 0.15) is 23.2 Å². The van der Waals surface area contributed by atoms with Gasteiger partial charge in [-0.25, -0.2) is 9.69 Å². The minimum atomic E-state index is -0.597. The highest BCUT2D eigenvalue weighted by molar-refractivity contribution is 9.10. The van der Waals surface area contributed by atoms with E-state index in [4.69, 9.17) is 9.47 Å². The Balaban J connectivity index is 1.88. The SMILES string of the molecule is COc1ccc(C(C(C)C)C(Br)C(=O)N2C(=O)OCC2c2ccccc2)cc1. The van der Waals surface area contributed by atoms with Crippen molar-refractivity contribution in [2.45, 2.75) is 30.6 Å². The largest absolute Gasteiger partial charge is 0.497 e. The summed E-state index contributed by atoms with van der Waals surface area (Å²) >= 11 is 3.59. The number of ether oxygens (including phenoxy) is 2. The first-order valence-electron chi connectivity index (χ1n) is 9.26. The molecule has 1 aliphatic rings. The third-order valence-corrected chi connectivity index (χ3v) is 6.03. The number of cyclic esters (lactones) is 1. The fraction of sp³-hybridized carbons (Fsp3) is 0.364. The second kappa shape index (κ2) is 8.78. The molecule has 1 fully saturated rings. The molecule has 148 valence electrons. The van der Waals surface area contributed by atoms with Crippen molar-refractivity contribution in [3.05, 3.63) is 65.7 Å². The minimum absolute atomic E-state index is 0.108. The van der Waals surface area contributed by atoms with E-state index in [0.29, 0.717) is 0 Å². The molecule has 0 bridgehead atoms. The average molecular weight is 446 g/mol. The molecule has 3 rings (SSSR count). The number of alkyl halides is 1. The molecule has 5 nitrogen and oxygen atoms in total. The van der Waals surface area contributed by atoms with Gasteiger partial charge in [-0.05, 0) is 29.2 Å². The van der Waals surface area contributed by atoms with Crippen LogP contribution in [0.4, 0.5) is 4.79 Å². The number of halogens is 1. The number of carbonyl (C=O) groups is 2. The summed E-state index contributed by atoms with van der Waals surface area (Å²) in [6, 6.07) is 16.8. The molecule has 1 heterocycles. The number of hydrogen-bond donors (Lipinski definition) is 0. The maximum absolute atomic E-state index is 13.3. The number of imide groups is 1. The molecule has 0 saturated carbocycles. The first-order valence-corrected chi connectivity index (χ1v) is 10.2. The standard InChI is InChI=1S/C22H24BrNO4/c1-14(2)19(16-9-11-17(27-3)12-10-16)20(23)21(25)24-18(13-28-22(24)26)15-7-5-4-6-8-15/h4-12,14,18-20H,13H2,1-3H3. The Morgan fingerprint density at radius 3 is 2.36 bits per heavy atom. The highest BCUT2D eigenvalue weighted by Gasteiger charge is 2.43. The number of nitrogens with zero attached hydrogens (tertiary/aromatic N) is 1. The molecular weight excluding hydrogens is 422 g/mol. The van der Waals surface area contributed by atoms with Gasteiger partial charge in [0.05, 0.1) is 7.11 Å². The van der Waals surface area contributed by atoms with E-state index in [1.807, 2.05) is 54.6 Å². The third kappa shape index (κ3) is 4.07. The van der Waals surface area contributed by atoms with Crippen LogP contribution in [0.3, 0.4) is 0 Å². The fourth-order valence-corrected chi connectivity index (χ4v) is 4.73. The predicted molar refractivity (Wildman–Crippen MR) is 111 cm³/mol. The van der Waals surface area contributed by atoms with E-state index in [1.54, 1.807) is 7.11 Å². The Bertz CT molecular complexity index is 822. The maximum atomic E-state index is 13.3. The Labute approximate surface area is 173 Å². The molecule has 3 atom stereocenters. The quantitative estimate of drug-likeness (QED) is 0.592. The number of rotatable bonds is 6. The molecule has 2 aromatic rings. The van der Waals surface area contributed by atoms with Crippen LogP contribution in [0.15, 0.2) is 54.6 Å². The van der Waals surface area contributed by atoms with Gasteiger partial charge in [0.2, 0.25) is 5.91 Å². The molecule has 2 aromatic carbocycles. The summed E-state index contributed by atoms with van der Waals surface area (Å²) in [5, 5.41) is 0. The van der Waals surface area contributed by atoms with Crippen LogP contribution in [0.25, 0.3) is 0 Å².